The summed E-state index contributed by atoms with van der Waals surface area (Å²) in [6, 6.07) is 18.8. The van der Waals surface area contributed by atoms with Gasteiger partial charge < -0.3 is 5.32 Å². The fraction of sp³-hybridized carbons (Fsp3) is 0.240. The van der Waals surface area contributed by atoms with Crippen LogP contribution >= 0.6 is 0 Å². The second-order valence-corrected chi connectivity index (χ2v) is 9.28. The Morgan fingerprint density at radius 3 is 2.18 bits per heavy atom. The Kier molecular flexibility index (Phi) is 8.19. The van der Waals surface area contributed by atoms with E-state index in [0.29, 0.717) is 12.1 Å². The van der Waals surface area contributed by atoms with Crippen LogP contribution in [0.3, 0.4) is 0 Å². The van der Waals surface area contributed by atoms with E-state index in [1.54, 1.807) is 0 Å². The largest absolute Gasteiger partial charge is 0.348 e. The van der Waals surface area contributed by atoms with Crippen LogP contribution in [0.1, 0.15) is 35.3 Å². The summed E-state index contributed by atoms with van der Waals surface area (Å²) in [5.41, 5.74) is 2.79. The summed E-state index contributed by atoms with van der Waals surface area (Å²) in [6.45, 7) is 7.44. The topological polar surface area (TPSA) is 78.5 Å². The molecule has 0 fully saturated rings. The van der Waals surface area contributed by atoms with Crippen LogP contribution in [0.2, 0.25) is 0 Å². The second kappa shape index (κ2) is 11.1. The van der Waals surface area contributed by atoms with E-state index >= 15 is 0 Å². The van der Waals surface area contributed by atoms with Crippen molar-refractivity contribution in [2.45, 2.75) is 31.8 Å². The van der Waals surface area contributed by atoms with Gasteiger partial charge in [-0.05, 0) is 72.7 Å². The highest BCUT2D eigenvalue weighted by Gasteiger charge is 2.15. The molecule has 0 heterocycles. The molecule has 0 aromatic heterocycles. The predicted molar refractivity (Wildman–Crippen MR) is 128 cm³/mol. The molecule has 0 aliphatic carbocycles. The van der Waals surface area contributed by atoms with Gasteiger partial charge in [0.1, 0.15) is 5.82 Å². The smallest absolute Gasteiger partial charge is 0.261 e. The van der Waals surface area contributed by atoms with Gasteiger partial charge in [0.05, 0.1) is 4.90 Å². The van der Waals surface area contributed by atoms with Gasteiger partial charge >= 0.3 is 0 Å². The summed E-state index contributed by atoms with van der Waals surface area (Å²) >= 11 is 0. The number of sulfonamides is 1. The maximum Gasteiger partial charge on any atom is 0.261 e. The minimum Gasteiger partial charge on any atom is -0.348 e. The van der Waals surface area contributed by atoms with Gasteiger partial charge in [-0.1, -0.05) is 38.1 Å². The Hall–Kier alpha value is -3.23. The molecule has 3 aromatic carbocycles. The number of hydrogen-bond donors (Lipinski definition) is 2. The third kappa shape index (κ3) is 6.87. The van der Waals surface area contributed by atoms with Crippen LogP contribution in [0, 0.1) is 5.82 Å². The number of amides is 1. The summed E-state index contributed by atoms with van der Waals surface area (Å²) in [5, 5.41) is 2.87. The molecule has 0 saturated heterocycles. The van der Waals surface area contributed by atoms with E-state index in [4.69, 9.17) is 0 Å². The number of anilines is 1. The lowest BCUT2D eigenvalue weighted by Gasteiger charge is -2.18. The summed E-state index contributed by atoms with van der Waals surface area (Å²) in [7, 11) is -3.85. The van der Waals surface area contributed by atoms with Crippen molar-refractivity contribution in [2.75, 3.05) is 17.8 Å². The van der Waals surface area contributed by atoms with Gasteiger partial charge in [0, 0.05) is 24.3 Å². The Labute approximate surface area is 194 Å². The summed E-state index contributed by atoms with van der Waals surface area (Å²) in [5.74, 6) is -0.747. The van der Waals surface area contributed by atoms with Crippen molar-refractivity contribution in [3.05, 3.63) is 95.3 Å². The van der Waals surface area contributed by atoms with Crippen molar-refractivity contribution in [1.82, 2.24) is 10.2 Å². The van der Waals surface area contributed by atoms with Gasteiger partial charge in [-0.2, -0.15) is 0 Å². The predicted octanol–water partition coefficient (Wildman–Crippen LogP) is 4.40. The molecular weight excluding hydrogens is 441 g/mol. The molecule has 0 aliphatic rings. The SMILES string of the molecule is CCN(CC)Cc1cccc(CNC(=O)c2ccc(S(=O)(=O)Nc3ccc(F)cc3)cc2)c1. The van der Waals surface area contributed by atoms with Gasteiger partial charge in [-0.15, -0.1) is 0 Å². The normalized spacial score (nSPS) is 11.4. The molecular formula is C25H28FN3O3S. The van der Waals surface area contributed by atoms with Crippen molar-refractivity contribution in [2.24, 2.45) is 0 Å². The standard InChI is InChI=1S/C25H28FN3O3S/c1-3-29(4-2)18-20-7-5-6-19(16-20)17-27-25(30)21-8-14-24(15-9-21)33(31,32)28-23-12-10-22(26)11-13-23/h5-16,28H,3-4,17-18H2,1-2H3,(H,27,30). The molecule has 3 rings (SSSR count). The Morgan fingerprint density at radius 2 is 1.55 bits per heavy atom. The highest BCUT2D eigenvalue weighted by molar-refractivity contribution is 7.92. The van der Waals surface area contributed by atoms with Crippen LogP contribution in [0.4, 0.5) is 10.1 Å². The maximum absolute atomic E-state index is 13.0. The third-order valence-electron chi connectivity index (χ3n) is 5.27. The molecule has 0 radical (unpaired) electrons. The van der Waals surface area contributed by atoms with E-state index in [1.165, 1.54) is 54.1 Å². The fourth-order valence-corrected chi connectivity index (χ4v) is 4.40. The molecule has 6 nitrogen and oxygen atoms in total. The number of carbonyl (C=O) groups is 1. The number of nitrogens with one attached hydrogen (secondary N) is 2. The van der Waals surface area contributed by atoms with E-state index in [1.807, 2.05) is 12.1 Å². The fourth-order valence-electron chi connectivity index (χ4n) is 3.35. The average Bonchev–Trinajstić information content (AvgIpc) is 2.82. The van der Waals surface area contributed by atoms with Gasteiger partial charge in [-0.3, -0.25) is 14.4 Å². The van der Waals surface area contributed by atoms with E-state index in [-0.39, 0.29) is 16.5 Å². The number of carbonyl (C=O) groups excluding carboxylic acids is 1. The molecule has 2 N–H and O–H groups in total. The zero-order valence-electron chi connectivity index (χ0n) is 18.7. The molecule has 0 bridgehead atoms. The van der Waals surface area contributed by atoms with E-state index in [2.05, 4.69) is 40.9 Å². The zero-order chi connectivity index (χ0) is 23.8. The zero-order valence-corrected chi connectivity index (χ0v) is 19.5. The number of nitrogens with zero attached hydrogens (tertiary/aromatic N) is 1. The van der Waals surface area contributed by atoms with Crippen molar-refractivity contribution in [3.63, 3.8) is 0 Å². The van der Waals surface area contributed by atoms with Crippen molar-refractivity contribution < 1.29 is 17.6 Å². The first-order chi connectivity index (χ1) is 15.8. The first kappa shape index (κ1) is 24.4. The summed E-state index contributed by atoms with van der Waals surface area (Å²) < 4.78 is 40.4. The highest BCUT2D eigenvalue weighted by Crippen LogP contribution is 2.17. The van der Waals surface area contributed by atoms with Crippen LogP contribution in [0.5, 0.6) is 0 Å². The lowest BCUT2D eigenvalue weighted by Crippen LogP contribution is -2.24. The summed E-state index contributed by atoms with van der Waals surface area (Å²) in [4.78, 5) is 14.9. The molecule has 33 heavy (non-hydrogen) atoms. The molecule has 3 aromatic rings. The molecule has 1 amide bonds. The quantitative estimate of drug-likeness (QED) is 0.461. The minimum absolute atomic E-state index is 0.00692. The third-order valence-corrected chi connectivity index (χ3v) is 6.67. The molecule has 8 heteroatoms. The average molecular weight is 470 g/mol. The molecule has 0 saturated carbocycles. The first-order valence-electron chi connectivity index (χ1n) is 10.8. The van der Waals surface area contributed by atoms with Crippen LogP contribution in [-0.2, 0) is 23.1 Å². The van der Waals surface area contributed by atoms with Gasteiger partial charge in [-0.25, -0.2) is 12.8 Å². The van der Waals surface area contributed by atoms with E-state index in [0.717, 1.165) is 25.2 Å². The Bertz CT molecular complexity index is 1180. The molecule has 0 spiro atoms. The minimum atomic E-state index is -3.85. The van der Waals surface area contributed by atoms with Crippen molar-refractivity contribution in [1.29, 1.82) is 0 Å². The monoisotopic (exact) mass is 469 g/mol. The van der Waals surface area contributed by atoms with Gasteiger partial charge in [0.2, 0.25) is 0 Å². The molecule has 0 aliphatic heterocycles. The number of hydrogen-bond acceptors (Lipinski definition) is 4. The van der Waals surface area contributed by atoms with E-state index < -0.39 is 15.8 Å². The number of benzene rings is 3. The van der Waals surface area contributed by atoms with Crippen LogP contribution < -0.4 is 10.0 Å². The lowest BCUT2D eigenvalue weighted by molar-refractivity contribution is 0.0950. The van der Waals surface area contributed by atoms with Gasteiger partial charge in [0.15, 0.2) is 0 Å². The maximum atomic E-state index is 13.0. The lowest BCUT2D eigenvalue weighted by atomic mass is 10.1. The van der Waals surface area contributed by atoms with Crippen molar-refractivity contribution >= 4 is 21.6 Å². The Morgan fingerprint density at radius 1 is 0.909 bits per heavy atom. The van der Waals surface area contributed by atoms with Crippen LogP contribution in [-0.4, -0.2) is 32.3 Å². The molecule has 0 atom stereocenters. The molecule has 174 valence electrons. The summed E-state index contributed by atoms with van der Waals surface area (Å²) in [6.07, 6.45) is 0. The van der Waals surface area contributed by atoms with Gasteiger partial charge in [0.25, 0.3) is 15.9 Å². The molecule has 0 unspecified atom stereocenters. The Balaban J connectivity index is 1.61. The number of rotatable bonds is 10. The number of halogens is 1. The highest BCUT2D eigenvalue weighted by atomic mass is 32.2. The first-order valence-corrected chi connectivity index (χ1v) is 12.3. The van der Waals surface area contributed by atoms with Crippen molar-refractivity contribution in [3.8, 4) is 0 Å². The second-order valence-electron chi connectivity index (χ2n) is 7.60. The van der Waals surface area contributed by atoms with Crippen LogP contribution in [0.15, 0.2) is 77.7 Å². The van der Waals surface area contributed by atoms with E-state index in [9.17, 15) is 17.6 Å². The van der Waals surface area contributed by atoms with Crippen LogP contribution in [0.25, 0.3) is 0 Å².